The smallest absolute Gasteiger partial charge is 0.312 e. The van der Waals surface area contributed by atoms with Crippen molar-refractivity contribution in [1.29, 1.82) is 0 Å². The number of carbonyl (C=O) groups is 2. The zero-order valence-corrected chi connectivity index (χ0v) is 14.2. The Bertz CT molecular complexity index is 483. The molecule has 2 unspecified atom stereocenters. The summed E-state index contributed by atoms with van der Waals surface area (Å²) >= 11 is 1.51. The van der Waals surface area contributed by atoms with Gasteiger partial charge in [-0.25, -0.2) is 4.79 Å². The van der Waals surface area contributed by atoms with Crippen molar-refractivity contribution in [3.05, 3.63) is 22.4 Å². The van der Waals surface area contributed by atoms with Crippen LogP contribution in [0.4, 0.5) is 4.79 Å². The number of thiophene rings is 1. The quantitative estimate of drug-likeness (QED) is 0.754. The van der Waals surface area contributed by atoms with Gasteiger partial charge < -0.3 is 21.3 Å². The number of likely N-dealkylation sites (tertiary alicyclic amines) is 1. The zero-order valence-electron chi connectivity index (χ0n) is 12.6. The molecule has 1 aliphatic heterocycles. The van der Waals surface area contributed by atoms with Crippen molar-refractivity contribution in [3.63, 3.8) is 0 Å². The summed E-state index contributed by atoms with van der Waals surface area (Å²) in [5.41, 5.74) is 5.22. The number of halogens is 1. The third-order valence-corrected chi connectivity index (χ3v) is 4.75. The normalized spacial score (nSPS) is 19.1. The summed E-state index contributed by atoms with van der Waals surface area (Å²) in [7, 11) is 1.92. The van der Waals surface area contributed by atoms with Gasteiger partial charge in [0.1, 0.15) is 0 Å². The lowest BCUT2D eigenvalue weighted by Gasteiger charge is -2.33. The van der Waals surface area contributed by atoms with E-state index < -0.39 is 6.03 Å². The van der Waals surface area contributed by atoms with Crippen LogP contribution in [0.2, 0.25) is 0 Å². The van der Waals surface area contributed by atoms with Gasteiger partial charge in [0.25, 0.3) is 0 Å². The van der Waals surface area contributed by atoms with E-state index >= 15 is 0 Å². The number of rotatable bonds is 5. The molecule has 2 atom stereocenters. The minimum absolute atomic E-state index is 0. The first-order valence-corrected chi connectivity index (χ1v) is 8.02. The summed E-state index contributed by atoms with van der Waals surface area (Å²) < 4.78 is 0. The molecule has 0 aliphatic carbocycles. The van der Waals surface area contributed by atoms with E-state index in [1.165, 1.54) is 11.3 Å². The summed E-state index contributed by atoms with van der Waals surface area (Å²) in [5, 5.41) is 7.81. The van der Waals surface area contributed by atoms with Gasteiger partial charge in [-0.05, 0) is 31.3 Å². The summed E-state index contributed by atoms with van der Waals surface area (Å²) in [4.78, 5) is 26.4. The molecule has 0 aromatic carbocycles. The van der Waals surface area contributed by atoms with Crippen LogP contribution in [0.15, 0.2) is 17.5 Å². The summed E-state index contributed by atoms with van der Waals surface area (Å²) in [6, 6.07) is 3.22. The van der Waals surface area contributed by atoms with Gasteiger partial charge in [0, 0.05) is 24.0 Å². The maximum Gasteiger partial charge on any atom is 0.312 e. The molecule has 1 saturated heterocycles. The first-order chi connectivity index (χ1) is 10.1. The minimum Gasteiger partial charge on any atom is -0.352 e. The van der Waals surface area contributed by atoms with E-state index in [9.17, 15) is 9.59 Å². The summed E-state index contributed by atoms with van der Waals surface area (Å²) in [5.74, 6) is 0.0575. The molecule has 2 heterocycles. The third-order valence-electron chi connectivity index (χ3n) is 3.76. The Kier molecular flexibility index (Phi) is 7.64. The van der Waals surface area contributed by atoms with Crippen LogP contribution in [-0.4, -0.2) is 43.0 Å². The number of primary amides is 1. The predicted molar refractivity (Wildman–Crippen MR) is 90.3 cm³/mol. The van der Waals surface area contributed by atoms with Gasteiger partial charge >= 0.3 is 6.03 Å². The van der Waals surface area contributed by atoms with Crippen LogP contribution in [0.1, 0.15) is 30.2 Å². The molecule has 22 heavy (non-hydrogen) atoms. The highest BCUT2D eigenvalue weighted by Crippen LogP contribution is 2.23. The van der Waals surface area contributed by atoms with Crippen LogP contribution in [0.5, 0.6) is 0 Å². The molecule has 4 N–H and O–H groups in total. The van der Waals surface area contributed by atoms with Crippen LogP contribution >= 0.6 is 23.7 Å². The number of carbonyl (C=O) groups excluding carboxylic acids is 2. The highest BCUT2D eigenvalue weighted by molar-refractivity contribution is 7.10. The number of urea groups is 1. The van der Waals surface area contributed by atoms with Gasteiger partial charge in [-0.3, -0.25) is 4.79 Å². The fraction of sp³-hybridized carbons (Fsp3) is 0.571. The Morgan fingerprint density at radius 1 is 1.55 bits per heavy atom. The molecular weight excluding hydrogens is 324 g/mol. The molecule has 1 aromatic rings. The minimum atomic E-state index is -0.604. The number of hydrogen-bond donors (Lipinski definition) is 3. The van der Waals surface area contributed by atoms with Crippen LogP contribution in [-0.2, 0) is 4.79 Å². The molecule has 0 saturated carbocycles. The van der Waals surface area contributed by atoms with Gasteiger partial charge in [-0.2, -0.15) is 0 Å². The molecule has 1 aliphatic rings. The molecule has 3 amide bonds. The molecule has 124 valence electrons. The van der Waals surface area contributed by atoms with Crippen LogP contribution in [0.25, 0.3) is 0 Å². The highest BCUT2D eigenvalue weighted by atomic mass is 35.5. The SMILES string of the molecule is CNC1CCCN(C(=O)CC(NC(N)=O)c2cccs2)C1.Cl. The Labute approximate surface area is 140 Å². The van der Waals surface area contributed by atoms with E-state index in [0.29, 0.717) is 6.04 Å². The fourth-order valence-corrected chi connectivity index (χ4v) is 3.40. The largest absolute Gasteiger partial charge is 0.352 e. The first-order valence-electron chi connectivity index (χ1n) is 7.14. The molecule has 8 heteroatoms. The standard InChI is InChI=1S/C14H22N4O2S.ClH/c1-16-10-4-2-6-18(9-10)13(19)8-11(17-14(15)20)12-5-3-7-21-12;/h3,5,7,10-11,16H,2,4,6,8-9H2,1H3,(H3,15,17,20);1H. The second-order valence-electron chi connectivity index (χ2n) is 5.25. The molecule has 6 nitrogen and oxygen atoms in total. The van der Waals surface area contributed by atoms with Crippen molar-refractivity contribution < 1.29 is 9.59 Å². The number of hydrogen-bond acceptors (Lipinski definition) is 4. The van der Waals surface area contributed by atoms with Crippen molar-refractivity contribution in [2.75, 3.05) is 20.1 Å². The van der Waals surface area contributed by atoms with Crippen molar-refractivity contribution in [2.24, 2.45) is 5.73 Å². The van der Waals surface area contributed by atoms with Crippen molar-refractivity contribution in [3.8, 4) is 0 Å². The zero-order chi connectivity index (χ0) is 15.2. The third kappa shape index (κ3) is 5.15. The fourth-order valence-electron chi connectivity index (χ4n) is 2.63. The highest BCUT2D eigenvalue weighted by Gasteiger charge is 2.26. The lowest BCUT2D eigenvalue weighted by Crippen LogP contribution is -2.48. The lowest BCUT2D eigenvalue weighted by molar-refractivity contribution is -0.133. The Morgan fingerprint density at radius 3 is 2.91 bits per heavy atom. The molecule has 1 fully saturated rings. The number of nitrogens with zero attached hydrogens (tertiary/aromatic N) is 1. The average molecular weight is 347 g/mol. The summed E-state index contributed by atoms with van der Waals surface area (Å²) in [6.45, 7) is 1.51. The molecule has 1 aromatic heterocycles. The number of likely N-dealkylation sites (N-methyl/N-ethyl adjacent to an activating group) is 1. The first kappa shape index (κ1) is 18.7. The topological polar surface area (TPSA) is 87.5 Å². The van der Waals surface area contributed by atoms with Crippen molar-refractivity contribution in [1.82, 2.24) is 15.5 Å². The van der Waals surface area contributed by atoms with Crippen LogP contribution < -0.4 is 16.4 Å². The number of nitrogens with one attached hydrogen (secondary N) is 2. The van der Waals surface area contributed by atoms with Crippen molar-refractivity contribution in [2.45, 2.75) is 31.3 Å². The van der Waals surface area contributed by atoms with Gasteiger partial charge in [0.15, 0.2) is 0 Å². The Hall–Kier alpha value is -1.31. The van der Waals surface area contributed by atoms with E-state index in [-0.39, 0.29) is 30.8 Å². The Balaban J connectivity index is 0.00000242. The maximum atomic E-state index is 12.5. The Morgan fingerprint density at radius 2 is 2.32 bits per heavy atom. The van der Waals surface area contributed by atoms with E-state index in [4.69, 9.17) is 5.73 Å². The van der Waals surface area contributed by atoms with E-state index in [0.717, 1.165) is 30.8 Å². The molecule has 2 rings (SSSR count). The lowest BCUT2D eigenvalue weighted by atomic mass is 10.0. The predicted octanol–water partition coefficient (Wildman–Crippen LogP) is 1.48. The van der Waals surface area contributed by atoms with Crippen LogP contribution in [0, 0.1) is 0 Å². The van der Waals surface area contributed by atoms with Gasteiger partial charge in [-0.15, -0.1) is 23.7 Å². The molecule has 0 bridgehead atoms. The number of piperidine rings is 1. The van der Waals surface area contributed by atoms with Crippen LogP contribution in [0.3, 0.4) is 0 Å². The molecule has 0 spiro atoms. The summed E-state index contributed by atoms with van der Waals surface area (Å²) in [6.07, 6.45) is 2.35. The van der Waals surface area contributed by atoms with Gasteiger partial charge in [0.05, 0.1) is 12.5 Å². The maximum absolute atomic E-state index is 12.5. The molecular formula is C14H23ClN4O2S. The molecule has 0 radical (unpaired) electrons. The average Bonchev–Trinajstić information content (AvgIpc) is 3.00. The van der Waals surface area contributed by atoms with E-state index in [1.54, 1.807) is 0 Å². The van der Waals surface area contributed by atoms with E-state index in [1.807, 2.05) is 29.5 Å². The van der Waals surface area contributed by atoms with Gasteiger partial charge in [0.2, 0.25) is 5.91 Å². The number of amides is 3. The second kappa shape index (κ2) is 8.97. The number of nitrogens with two attached hydrogens (primary N) is 1. The monoisotopic (exact) mass is 346 g/mol. The second-order valence-corrected chi connectivity index (χ2v) is 6.23. The van der Waals surface area contributed by atoms with Crippen molar-refractivity contribution >= 4 is 35.7 Å². The van der Waals surface area contributed by atoms with E-state index in [2.05, 4.69) is 10.6 Å². The van der Waals surface area contributed by atoms with Gasteiger partial charge in [-0.1, -0.05) is 6.07 Å².